The van der Waals surface area contributed by atoms with E-state index in [1.54, 1.807) is 12.1 Å². The minimum absolute atomic E-state index is 0.107. The number of aryl methyl sites for hydroxylation is 1. The molecule has 0 aliphatic carbocycles. The number of benzene rings is 2. The van der Waals surface area contributed by atoms with Gasteiger partial charge >= 0.3 is 5.97 Å². The number of hydrogen-bond donors (Lipinski definition) is 1. The molecule has 2 rings (SSSR count). The maximum absolute atomic E-state index is 12.2. The van der Waals surface area contributed by atoms with Crippen LogP contribution >= 0.6 is 0 Å². The first kappa shape index (κ1) is 17.2. The van der Waals surface area contributed by atoms with E-state index in [2.05, 4.69) is 4.72 Å². The third-order valence-electron chi connectivity index (χ3n) is 3.24. The first-order valence-corrected chi connectivity index (χ1v) is 8.66. The molecule has 0 saturated carbocycles. The van der Waals surface area contributed by atoms with Crippen molar-refractivity contribution in [3.63, 3.8) is 0 Å². The van der Waals surface area contributed by atoms with Crippen LogP contribution in [0, 0.1) is 6.92 Å². The second-order valence-electron chi connectivity index (χ2n) is 5.25. The van der Waals surface area contributed by atoms with E-state index in [9.17, 15) is 13.2 Å². The zero-order chi connectivity index (χ0) is 16.9. The number of carbonyl (C=O) groups excluding carboxylic acids is 1. The molecule has 0 saturated heterocycles. The molecule has 0 aromatic heterocycles. The van der Waals surface area contributed by atoms with E-state index in [-0.39, 0.29) is 11.5 Å². The van der Waals surface area contributed by atoms with Gasteiger partial charge in [0.2, 0.25) is 10.0 Å². The minimum atomic E-state index is -3.76. The fourth-order valence-corrected chi connectivity index (χ4v) is 3.11. The van der Waals surface area contributed by atoms with E-state index in [4.69, 9.17) is 4.74 Å². The van der Waals surface area contributed by atoms with Gasteiger partial charge in [-0.3, -0.25) is 4.79 Å². The Morgan fingerprint density at radius 3 is 2.30 bits per heavy atom. The Labute approximate surface area is 136 Å². The summed E-state index contributed by atoms with van der Waals surface area (Å²) in [6, 6.07) is 14.6. The minimum Gasteiger partial charge on any atom is -0.460 e. The topological polar surface area (TPSA) is 72.5 Å². The Kier molecular flexibility index (Phi) is 5.52. The molecular weight excluding hydrogens is 314 g/mol. The highest BCUT2D eigenvalue weighted by Crippen LogP contribution is 2.11. The Morgan fingerprint density at radius 1 is 1.09 bits per heavy atom. The second-order valence-corrected chi connectivity index (χ2v) is 6.96. The number of nitrogens with one attached hydrogen (secondary N) is 1. The predicted octanol–water partition coefficient (Wildman–Crippen LogP) is 2.41. The maximum atomic E-state index is 12.2. The van der Waals surface area contributed by atoms with Crippen molar-refractivity contribution in [2.24, 2.45) is 0 Å². The average molecular weight is 333 g/mol. The van der Waals surface area contributed by atoms with Crippen LogP contribution in [-0.2, 0) is 26.2 Å². The Bertz CT molecular complexity index is 755. The van der Waals surface area contributed by atoms with Crippen LogP contribution in [0.25, 0.3) is 0 Å². The van der Waals surface area contributed by atoms with Gasteiger partial charge in [-0.25, -0.2) is 8.42 Å². The third kappa shape index (κ3) is 4.91. The summed E-state index contributed by atoms with van der Waals surface area (Å²) in [5.41, 5.74) is 1.80. The van der Waals surface area contributed by atoms with Gasteiger partial charge in [-0.15, -0.1) is 0 Å². The van der Waals surface area contributed by atoms with E-state index in [0.717, 1.165) is 11.1 Å². The molecule has 6 heteroatoms. The third-order valence-corrected chi connectivity index (χ3v) is 4.80. The fraction of sp³-hybridized carbons (Fsp3) is 0.235. The molecule has 23 heavy (non-hydrogen) atoms. The summed E-state index contributed by atoms with van der Waals surface area (Å²) in [6.07, 6.45) is 0. The highest BCUT2D eigenvalue weighted by molar-refractivity contribution is 7.89. The summed E-state index contributed by atoms with van der Waals surface area (Å²) in [7, 11) is -3.76. The summed E-state index contributed by atoms with van der Waals surface area (Å²) >= 11 is 0. The van der Waals surface area contributed by atoms with Gasteiger partial charge in [0.05, 0.1) is 4.90 Å². The molecule has 2 aromatic carbocycles. The summed E-state index contributed by atoms with van der Waals surface area (Å²) in [5, 5.41) is 0. The Morgan fingerprint density at radius 2 is 1.70 bits per heavy atom. The van der Waals surface area contributed by atoms with Gasteiger partial charge in [-0.05, 0) is 31.5 Å². The van der Waals surface area contributed by atoms with Crippen molar-refractivity contribution >= 4 is 16.0 Å². The van der Waals surface area contributed by atoms with Crippen LogP contribution in [0.5, 0.6) is 0 Å². The Balaban J connectivity index is 1.96. The van der Waals surface area contributed by atoms with Crippen LogP contribution in [0.3, 0.4) is 0 Å². The van der Waals surface area contributed by atoms with Crippen molar-refractivity contribution in [3.05, 3.63) is 65.7 Å². The number of esters is 1. The fourth-order valence-electron chi connectivity index (χ4n) is 1.92. The van der Waals surface area contributed by atoms with E-state index in [1.807, 2.05) is 37.3 Å². The molecule has 1 atom stereocenters. The first-order valence-electron chi connectivity index (χ1n) is 7.18. The van der Waals surface area contributed by atoms with Crippen LogP contribution < -0.4 is 4.72 Å². The standard InChI is InChI=1S/C17H19NO4S/c1-13-8-10-16(11-9-13)23(20,21)18-14(2)17(19)22-12-15-6-4-3-5-7-15/h3-11,14,18H,12H2,1-2H3/t14-/m0/s1. The summed E-state index contributed by atoms with van der Waals surface area (Å²) in [4.78, 5) is 12.0. The molecule has 0 unspecified atom stereocenters. The number of ether oxygens (including phenoxy) is 1. The molecule has 0 aliphatic heterocycles. The monoisotopic (exact) mass is 333 g/mol. The molecule has 0 heterocycles. The number of rotatable bonds is 6. The van der Waals surface area contributed by atoms with Gasteiger partial charge in [0.1, 0.15) is 12.6 Å². The summed E-state index contributed by atoms with van der Waals surface area (Å²) in [6.45, 7) is 3.43. The first-order chi connectivity index (χ1) is 10.9. The van der Waals surface area contributed by atoms with E-state index in [1.165, 1.54) is 19.1 Å². The van der Waals surface area contributed by atoms with Crippen molar-refractivity contribution < 1.29 is 17.9 Å². The van der Waals surface area contributed by atoms with Crippen molar-refractivity contribution in [2.45, 2.75) is 31.4 Å². The highest BCUT2D eigenvalue weighted by atomic mass is 32.2. The van der Waals surface area contributed by atoms with Gasteiger partial charge in [-0.1, -0.05) is 48.0 Å². The molecule has 0 aliphatic rings. The van der Waals surface area contributed by atoms with Crippen molar-refractivity contribution in [2.75, 3.05) is 0 Å². The lowest BCUT2D eigenvalue weighted by atomic mass is 10.2. The SMILES string of the molecule is Cc1ccc(S(=O)(=O)N[C@@H](C)C(=O)OCc2ccccc2)cc1. The number of hydrogen-bond acceptors (Lipinski definition) is 4. The predicted molar refractivity (Wildman–Crippen MR) is 87.2 cm³/mol. The molecule has 0 fully saturated rings. The summed E-state index contributed by atoms with van der Waals surface area (Å²) < 4.78 is 31.9. The molecule has 122 valence electrons. The Hall–Kier alpha value is -2.18. The highest BCUT2D eigenvalue weighted by Gasteiger charge is 2.23. The summed E-state index contributed by atoms with van der Waals surface area (Å²) in [5.74, 6) is -0.621. The molecule has 0 amide bonds. The van der Waals surface area contributed by atoms with Crippen LogP contribution in [-0.4, -0.2) is 20.4 Å². The maximum Gasteiger partial charge on any atom is 0.324 e. The van der Waals surface area contributed by atoms with Crippen LogP contribution in [0.2, 0.25) is 0 Å². The molecule has 2 aromatic rings. The second kappa shape index (κ2) is 7.39. The lowest BCUT2D eigenvalue weighted by Crippen LogP contribution is -2.39. The van der Waals surface area contributed by atoms with Crippen molar-refractivity contribution in [3.8, 4) is 0 Å². The van der Waals surface area contributed by atoms with Crippen molar-refractivity contribution in [1.82, 2.24) is 4.72 Å². The quantitative estimate of drug-likeness (QED) is 0.824. The molecular formula is C17H19NO4S. The molecule has 0 bridgehead atoms. The smallest absolute Gasteiger partial charge is 0.324 e. The van der Waals surface area contributed by atoms with Crippen LogP contribution in [0.15, 0.2) is 59.5 Å². The van der Waals surface area contributed by atoms with E-state index in [0.29, 0.717) is 0 Å². The average Bonchev–Trinajstić information content (AvgIpc) is 2.53. The number of carbonyl (C=O) groups is 1. The van der Waals surface area contributed by atoms with Gasteiger partial charge in [0.25, 0.3) is 0 Å². The molecule has 0 radical (unpaired) electrons. The van der Waals surface area contributed by atoms with Crippen LogP contribution in [0.4, 0.5) is 0 Å². The van der Waals surface area contributed by atoms with Crippen molar-refractivity contribution in [1.29, 1.82) is 0 Å². The zero-order valence-electron chi connectivity index (χ0n) is 13.0. The molecule has 0 spiro atoms. The van der Waals surface area contributed by atoms with Gasteiger partial charge in [0.15, 0.2) is 0 Å². The van der Waals surface area contributed by atoms with Gasteiger partial charge in [0, 0.05) is 0 Å². The molecule has 5 nitrogen and oxygen atoms in total. The normalized spacial score (nSPS) is 12.6. The van der Waals surface area contributed by atoms with Gasteiger partial charge in [-0.2, -0.15) is 4.72 Å². The lowest BCUT2D eigenvalue weighted by molar-refractivity contribution is -0.146. The largest absolute Gasteiger partial charge is 0.460 e. The zero-order valence-corrected chi connectivity index (χ0v) is 13.8. The van der Waals surface area contributed by atoms with Gasteiger partial charge < -0.3 is 4.74 Å². The van der Waals surface area contributed by atoms with E-state index < -0.39 is 22.0 Å². The van der Waals surface area contributed by atoms with Crippen LogP contribution in [0.1, 0.15) is 18.1 Å². The van der Waals surface area contributed by atoms with E-state index >= 15 is 0 Å². The lowest BCUT2D eigenvalue weighted by Gasteiger charge is -2.14. The number of sulfonamides is 1. The molecule has 1 N–H and O–H groups in total.